The zero-order valence-corrected chi connectivity index (χ0v) is 22.2. The number of hydrogen-bond donors (Lipinski definition) is 1. The molecule has 2 heterocycles. The summed E-state index contributed by atoms with van der Waals surface area (Å²) in [5, 5.41) is 0. The van der Waals surface area contributed by atoms with Gasteiger partial charge in [0.05, 0.1) is 0 Å². The van der Waals surface area contributed by atoms with Gasteiger partial charge in [0.15, 0.2) is 11.6 Å². The number of nitrogens with two attached hydrogens (primary N) is 1. The first-order valence-corrected chi connectivity index (χ1v) is 13.4. The van der Waals surface area contributed by atoms with Gasteiger partial charge in [0.2, 0.25) is 0 Å². The summed E-state index contributed by atoms with van der Waals surface area (Å²) in [7, 11) is 0. The third-order valence-corrected chi connectivity index (χ3v) is 7.90. The number of amidine groups is 1. The lowest BCUT2D eigenvalue weighted by molar-refractivity contribution is 0.0507. The minimum atomic E-state index is -0.781. The van der Waals surface area contributed by atoms with Gasteiger partial charge in [-0.25, -0.2) is 8.78 Å². The molecule has 36 heavy (non-hydrogen) atoms. The normalized spacial score (nSPS) is 22.8. The molecule has 2 atom stereocenters. The van der Waals surface area contributed by atoms with Crippen LogP contribution in [0.4, 0.5) is 14.5 Å². The molecule has 0 aromatic heterocycles. The highest BCUT2D eigenvalue weighted by Crippen LogP contribution is 2.31. The molecule has 0 bridgehead atoms. The Balaban J connectivity index is 1.38. The molecule has 0 unspecified atom stereocenters. The molecule has 7 heteroatoms. The van der Waals surface area contributed by atoms with Crippen molar-refractivity contribution in [3.63, 3.8) is 0 Å². The van der Waals surface area contributed by atoms with Crippen LogP contribution in [0.25, 0.3) is 0 Å². The molecule has 196 valence electrons. The molecule has 2 aliphatic rings. The maximum atomic E-state index is 13.6. The average molecular weight is 498 g/mol. The standard InChI is InChI=1S/C29H41F2N5/c1-5-24-19-35(28-10-8-23(15-20(28)3)29(32)33-6-2)21(4)17-36(24)25-11-13-34(14-12-25)18-22-7-9-26(30)27(31)16-22/h7-10,15-16,21,24-25H,5-6,11-14,17-19H2,1-4H3,(H2,32,33)/t21-,24+/m1/s1. The predicted molar refractivity (Wildman–Crippen MR) is 145 cm³/mol. The van der Waals surface area contributed by atoms with Crippen LogP contribution in [-0.4, -0.2) is 66.5 Å². The molecular weight excluding hydrogens is 456 g/mol. The number of benzene rings is 2. The highest BCUT2D eigenvalue weighted by Gasteiger charge is 2.36. The lowest BCUT2D eigenvalue weighted by Crippen LogP contribution is -2.61. The van der Waals surface area contributed by atoms with Gasteiger partial charge in [0, 0.05) is 55.6 Å². The van der Waals surface area contributed by atoms with E-state index in [0.717, 1.165) is 56.6 Å². The average Bonchev–Trinajstić information content (AvgIpc) is 2.87. The number of likely N-dealkylation sites (tertiary alicyclic amines) is 1. The second-order valence-corrected chi connectivity index (χ2v) is 10.4. The molecule has 5 nitrogen and oxygen atoms in total. The lowest BCUT2D eigenvalue weighted by Gasteiger charge is -2.51. The fourth-order valence-corrected chi connectivity index (χ4v) is 5.92. The van der Waals surface area contributed by atoms with Gasteiger partial charge >= 0.3 is 0 Å². The van der Waals surface area contributed by atoms with E-state index in [1.165, 1.54) is 23.4 Å². The number of piperazine rings is 1. The Morgan fingerprint density at radius 2 is 1.78 bits per heavy atom. The summed E-state index contributed by atoms with van der Waals surface area (Å²) in [5.41, 5.74) is 10.5. The van der Waals surface area contributed by atoms with Crippen molar-refractivity contribution in [2.24, 2.45) is 10.7 Å². The van der Waals surface area contributed by atoms with Crippen molar-refractivity contribution < 1.29 is 8.78 Å². The molecule has 2 aromatic carbocycles. The topological polar surface area (TPSA) is 48.1 Å². The van der Waals surface area contributed by atoms with Crippen LogP contribution >= 0.6 is 0 Å². The van der Waals surface area contributed by atoms with E-state index < -0.39 is 11.6 Å². The van der Waals surface area contributed by atoms with Gasteiger partial charge in [0.25, 0.3) is 0 Å². The van der Waals surface area contributed by atoms with E-state index in [1.807, 2.05) is 6.92 Å². The quantitative estimate of drug-likeness (QED) is 0.434. The maximum Gasteiger partial charge on any atom is 0.159 e. The Labute approximate surface area is 215 Å². The number of hydrogen-bond acceptors (Lipinski definition) is 4. The Hall–Kier alpha value is -2.51. The third kappa shape index (κ3) is 5.89. The number of aliphatic imine (C=N–C) groups is 1. The highest BCUT2D eigenvalue weighted by atomic mass is 19.2. The molecule has 0 amide bonds. The third-order valence-electron chi connectivity index (χ3n) is 7.90. The van der Waals surface area contributed by atoms with Crippen molar-refractivity contribution in [2.75, 3.05) is 37.6 Å². The Kier molecular flexibility index (Phi) is 8.62. The zero-order chi connectivity index (χ0) is 25.8. The predicted octanol–water partition coefficient (Wildman–Crippen LogP) is 4.95. The molecule has 2 fully saturated rings. The van der Waals surface area contributed by atoms with Crippen LogP contribution in [0.2, 0.25) is 0 Å². The van der Waals surface area contributed by atoms with Gasteiger partial charge in [-0.3, -0.25) is 14.8 Å². The van der Waals surface area contributed by atoms with Crippen LogP contribution < -0.4 is 10.6 Å². The minimum Gasteiger partial charge on any atom is -0.384 e. The molecule has 2 aliphatic heterocycles. The molecule has 0 aliphatic carbocycles. The first-order valence-electron chi connectivity index (χ1n) is 13.4. The highest BCUT2D eigenvalue weighted by molar-refractivity contribution is 5.98. The maximum absolute atomic E-state index is 13.6. The molecule has 0 spiro atoms. The number of rotatable bonds is 7. The summed E-state index contributed by atoms with van der Waals surface area (Å²) >= 11 is 0. The summed E-state index contributed by atoms with van der Waals surface area (Å²) < 4.78 is 26.9. The number of halogens is 2. The van der Waals surface area contributed by atoms with E-state index >= 15 is 0 Å². The number of aryl methyl sites for hydroxylation is 1. The minimum absolute atomic E-state index is 0.416. The van der Waals surface area contributed by atoms with Crippen LogP contribution in [-0.2, 0) is 6.54 Å². The zero-order valence-electron chi connectivity index (χ0n) is 22.2. The van der Waals surface area contributed by atoms with Crippen molar-refractivity contribution in [2.45, 2.75) is 71.6 Å². The molecule has 0 saturated carbocycles. The van der Waals surface area contributed by atoms with Crippen molar-refractivity contribution in [1.82, 2.24) is 9.80 Å². The first kappa shape index (κ1) is 26.6. The van der Waals surface area contributed by atoms with Gasteiger partial charge in [-0.15, -0.1) is 0 Å². The Morgan fingerprint density at radius 3 is 2.42 bits per heavy atom. The monoisotopic (exact) mass is 497 g/mol. The molecule has 2 N–H and O–H groups in total. The van der Waals surface area contributed by atoms with Crippen LogP contribution in [0.5, 0.6) is 0 Å². The van der Waals surface area contributed by atoms with Crippen LogP contribution in [0.3, 0.4) is 0 Å². The van der Waals surface area contributed by atoms with Crippen molar-refractivity contribution in [1.29, 1.82) is 0 Å². The molecule has 2 saturated heterocycles. The molecule has 0 radical (unpaired) electrons. The fourth-order valence-electron chi connectivity index (χ4n) is 5.92. The Morgan fingerprint density at radius 1 is 1.03 bits per heavy atom. The SMILES string of the molecule is CCN=C(N)c1ccc(N2C[C@H](CC)N(C3CCN(Cc4ccc(F)c(F)c4)CC3)C[C@H]2C)c(C)c1. The Bertz CT molecular complexity index is 1060. The first-order chi connectivity index (χ1) is 17.3. The summed E-state index contributed by atoms with van der Waals surface area (Å²) in [6, 6.07) is 12.2. The molecule has 2 aromatic rings. The van der Waals surface area contributed by atoms with Crippen molar-refractivity contribution in [3.05, 3.63) is 64.7 Å². The fraction of sp³-hybridized carbons (Fsp3) is 0.552. The lowest BCUT2D eigenvalue weighted by atomic mass is 9.95. The largest absolute Gasteiger partial charge is 0.384 e. The summed E-state index contributed by atoms with van der Waals surface area (Å²) in [6.45, 7) is 14.2. The number of nitrogens with zero attached hydrogens (tertiary/aromatic N) is 4. The van der Waals surface area contributed by atoms with Crippen molar-refractivity contribution >= 4 is 11.5 Å². The summed E-state index contributed by atoms with van der Waals surface area (Å²) in [4.78, 5) is 12.0. The van der Waals surface area contributed by atoms with Crippen LogP contribution in [0, 0.1) is 18.6 Å². The van der Waals surface area contributed by atoms with E-state index in [1.54, 1.807) is 6.07 Å². The molecule has 4 rings (SSSR count). The number of anilines is 1. The van der Waals surface area contributed by atoms with E-state index in [2.05, 4.69) is 58.7 Å². The van der Waals surface area contributed by atoms with Gasteiger partial charge < -0.3 is 10.6 Å². The van der Waals surface area contributed by atoms with Crippen molar-refractivity contribution in [3.8, 4) is 0 Å². The van der Waals surface area contributed by atoms with E-state index in [0.29, 0.717) is 37.1 Å². The van der Waals surface area contributed by atoms with E-state index in [-0.39, 0.29) is 0 Å². The second kappa shape index (κ2) is 11.7. The molecular formula is C29H41F2N5. The van der Waals surface area contributed by atoms with Gasteiger partial charge in [-0.1, -0.05) is 13.0 Å². The van der Waals surface area contributed by atoms with Crippen LogP contribution in [0.1, 0.15) is 56.7 Å². The van der Waals surface area contributed by atoms with E-state index in [4.69, 9.17) is 5.73 Å². The number of piperidine rings is 1. The second-order valence-electron chi connectivity index (χ2n) is 10.4. The van der Waals surface area contributed by atoms with Gasteiger partial charge in [-0.05, 0) is 94.6 Å². The summed E-state index contributed by atoms with van der Waals surface area (Å²) in [5.74, 6) is -0.938. The van der Waals surface area contributed by atoms with Crippen LogP contribution in [0.15, 0.2) is 41.4 Å². The van der Waals surface area contributed by atoms with E-state index in [9.17, 15) is 8.78 Å². The smallest absolute Gasteiger partial charge is 0.159 e. The summed E-state index contributed by atoms with van der Waals surface area (Å²) in [6.07, 6.45) is 3.33. The van der Waals surface area contributed by atoms with Gasteiger partial charge in [0.1, 0.15) is 5.84 Å². The van der Waals surface area contributed by atoms with Gasteiger partial charge in [-0.2, -0.15) is 0 Å².